The van der Waals surface area contributed by atoms with E-state index in [0.29, 0.717) is 51.4 Å². The lowest BCUT2D eigenvalue weighted by Gasteiger charge is -2.28. The van der Waals surface area contributed by atoms with Crippen molar-refractivity contribution in [2.45, 2.75) is 26.7 Å². The summed E-state index contributed by atoms with van der Waals surface area (Å²) in [7, 11) is 0. The Morgan fingerprint density at radius 2 is 1.69 bits per heavy atom. The van der Waals surface area contributed by atoms with Crippen molar-refractivity contribution >= 4 is 40.9 Å². The van der Waals surface area contributed by atoms with Gasteiger partial charge in [0.15, 0.2) is 0 Å². The highest BCUT2D eigenvalue weighted by Gasteiger charge is 2.36. The number of benzene rings is 2. The van der Waals surface area contributed by atoms with Gasteiger partial charge in [0.05, 0.1) is 59.0 Å². The van der Waals surface area contributed by atoms with Crippen LogP contribution in [0, 0.1) is 11.3 Å². The molecule has 4 rings (SSSR count). The lowest BCUT2D eigenvalue weighted by Crippen LogP contribution is -2.31. The lowest BCUT2D eigenvalue weighted by atomic mass is 9.85. The Morgan fingerprint density at radius 1 is 1.00 bits per heavy atom. The van der Waals surface area contributed by atoms with E-state index in [2.05, 4.69) is 22.0 Å². The van der Waals surface area contributed by atoms with E-state index >= 15 is 0 Å². The van der Waals surface area contributed by atoms with Gasteiger partial charge in [-0.2, -0.15) is 5.26 Å². The van der Waals surface area contributed by atoms with E-state index in [1.165, 1.54) is 6.26 Å². The van der Waals surface area contributed by atoms with E-state index in [-0.39, 0.29) is 23.8 Å². The fourth-order valence-electron chi connectivity index (χ4n) is 4.31. The monoisotopic (exact) mass is 586 g/mol. The van der Waals surface area contributed by atoms with Crippen LogP contribution in [0.5, 0.6) is 5.75 Å². The number of esters is 1. The number of hydrogen-bond acceptors (Lipinski definition) is 9. The summed E-state index contributed by atoms with van der Waals surface area (Å²) in [6.07, 6.45) is 1.47. The fourth-order valence-corrected chi connectivity index (χ4v) is 5.20. The van der Waals surface area contributed by atoms with Crippen molar-refractivity contribution in [2.75, 3.05) is 29.6 Å². The molecule has 11 heteroatoms. The fraction of sp³-hybridized carbons (Fsp3) is 0.226. The van der Waals surface area contributed by atoms with Gasteiger partial charge in [-0.05, 0) is 81.4 Å². The average molecular weight is 587 g/mol. The van der Waals surface area contributed by atoms with Crippen molar-refractivity contribution in [3.63, 3.8) is 0 Å². The zero-order valence-electron chi connectivity index (χ0n) is 23.4. The predicted octanol–water partition coefficient (Wildman–Crippen LogP) is 5.56. The molecule has 2 amide bonds. The molecule has 1 atom stereocenters. The molecule has 1 aromatic heterocycles. The Kier molecular flexibility index (Phi) is 10.1. The quantitative estimate of drug-likeness (QED) is 0.246. The van der Waals surface area contributed by atoms with E-state index < -0.39 is 17.8 Å². The first-order valence-electron chi connectivity index (χ1n) is 13.2. The van der Waals surface area contributed by atoms with Gasteiger partial charge in [0.1, 0.15) is 11.5 Å². The van der Waals surface area contributed by atoms with E-state index in [0.717, 1.165) is 11.8 Å². The number of nitrogens with one attached hydrogen (secondary N) is 3. The first-order valence-corrected chi connectivity index (χ1v) is 14.2. The van der Waals surface area contributed by atoms with Gasteiger partial charge >= 0.3 is 5.97 Å². The molecule has 0 saturated heterocycles. The molecule has 0 radical (unpaired) electrons. The maximum Gasteiger partial charge on any atom is 0.338 e. The van der Waals surface area contributed by atoms with Crippen LogP contribution in [0.25, 0.3) is 0 Å². The van der Waals surface area contributed by atoms with Crippen molar-refractivity contribution in [1.29, 1.82) is 5.26 Å². The molecule has 3 aromatic rings. The molecule has 1 aliphatic heterocycles. The highest BCUT2D eigenvalue weighted by Crippen LogP contribution is 2.41. The number of hydrogen-bond donors (Lipinski definition) is 3. The molecule has 0 unspecified atom stereocenters. The summed E-state index contributed by atoms with van der Waals surface area (Å²) >= 11 is 1.16. The molecule has 2 heterocycles. The summed E-state index contributed by atoms with van der Waals surface area (Å²) in [5, 5.41) is 19.5. The number of carbonyl (C=O) groups excluding carboxylic acids is 3. The molecule has 2 aromatic carbocycles. The number of carbonyl (C=O) groups is 3. The Hall–Kier alpha value is -4.95. The van der Waals surface area contributed by atoms with Crippen molar-refractivity contribution in [3.8, 4) is 11.8 Å². The molecule has 216 valence electrons. The molecule has 3 N–H and O–H groups in total. The first kappa shape index (κ1) is 30.0. The summed E-state index contributed by atoms with van der Waals surface area (Å²) in [4.78, 5) is 38.2. The van der Waals surface area contributed by atoms with Gasteiger partial charge < -0.3 is 29.8 Å². The molecule has 0 bridgehead atoms. The number of amides is 2. The highest BCUT2D eigenvalue weighted by atomic mass is 32.2. The molecule has 0 aliphatic carbocycles. The minimum Gasteiger partial charge on any atom is -0.494 e. The van der Waals surface area contributed by atoms with Gasteiger partial charge in [-0.25, -0.2) is 4.79 Å². The number of nitrogens with zero attached hydrogens (tertiary/aromatic N) is 1. The Bertz CT molecular complexity index is 1540. The number of nitriles is 1. The molecular formula is C31H30N4O6S. The molecule has 42 heavy (non-hydrogen) atoms. The lowest BCUT2D eigenvalue weighted by molar-refractivity contribution is -0.114. The van der Waals surface area contributed by atoms with Crippen LogP contribution in [0.3, 0.4) is 0 Å². The third kappa shape index (κ3) is 7.21. The van der Waals surface area contributed by atoms with Gasteiger partial charge in [0.2, 0.25) is 5.91 Å². The molecule has 0 fully saturated rings. The highest BCUT2D eigenvalue weighted by molar-refractivity contribution is 8.03. The second-order valence-electron chi connectivity index (χ2n) is 9.01. The molecule has 0 spiro atoms. The average Bonchev–Trinajstić information content (AvgIpc) is 3.52. The maximum absolute atomic E-state index is 13.6. The Morgan fingerprint density at radius 3 is 2.31 bits per heavy atom. The minimum atomic E-state index is -0.804. The van der Waals surface area contributed by atoms with Crippen LogP contribution >= 0.6 is 11.8 Å². The Labute approximate surface area is 247 Å². The zero-order chi connectivity index (χ0) is 30.1. The van der Waals surface area contributed by atoms with Crippen LogP contribution in [0.15, 0.2) is 93.2 Å². The summed E-state index contributed by atoms with van der Waals surface area (Å²) in [6.45, 7) is 6.15. The van der Waals surface area contributed by atoms with E-state index in [4.69, 9.17) is 13.9 Å². The van der Waals surface area contributed by atoms with Crippen LogP contribution in [-0.2, 0) is 14.3 Å². The molecule has 10 nitrogen and oxygen atoms in total. The first-order chi connectivity index (χ1) is 20.3. The predicted molar refractivity (Wildman–Crippen MR) is 160 cm³/mol. The summed E-state index contributed by atoms with van der Waals surface area (Å²) in [5.74, 6) is -0.830. The second-order valence-corrected chi connectivity index (χ2v) is 10.00. The van der Waals surface area contributed by atoms with Gasteiger partial charge in [0.25, 0.3) is 5.91 Å². The summed E-state index contributed by atoms with van der Waals surface area (Å²) < 4.78 is 16.1. The van der Waals surface area contributed by atoms with Crippen molar-refractivity contribution < 1.29 is 28.3 Å². The minimum absolute atomic E-state index is 0.0211. The van der Waals surface area contributed by atoms with E-state index in [1.807, 2.05) is 6.92 Å². The van der Waals surface area contributed by atoms with Gasteiger partial charge in [-0.1, -0.05) is 11.8 Å². The molecule has 1 aliphatic rings. The van der Waals surface area contributed by atoms with Crippen molar-refractivity contribution in [2.24, 2.45) is 0 Å². The third-order valence-corrected chi connectivity index (χ3v) is 7.19. The van der Waals surface area contributed by atoms with Crippen molar-refractivity contribution in [1.82, 2.24) is 5.32 Å². The standard InChI is InChI=1S/C31H30N4O6S/c1-4-39-23-14-12-21(13-15-23)34-26(36)18-42-30-24(17-32)28(25-7-6-16-41-25)27(19(3)33-30)29(37)35-22-10-8-20(9-11-22)31(38)40-5-2/h6-16,28,33H,4-5,18H2,1-3H3,(H,34,36)(H,35,37)/t28-/m0/s1. The Balaban J connectivity index is 1.51. The molecule has 0 saturated carbocycles. The largest absolute Gasteiger partial charge is 0.494 e. The van der Waals surface area contributed by atoms with Crippen LogP contribution in [0.2, 0.25) is 0 Å². The van der Waals surface area contributed by atoms with Crippen LogP contribution in [0.1, 0.15) is 42.8 Å². The number of rotatable bonds is 11. The van der Waals surface area contributed by atoms with Crippen LogP contribution in [0.4, 0.5) is 11.4 Å². The zero-order valence-corrected chi connectivity index (χ0v) is 24.2. The number of thioether (sulfide) groups is 1. The van der Waals surface area contributed by atoms with E-state index in [1.54, 1.807) is 74.5 Å². The number of dihydropyridines is 1. The van der Waals surface area contributed by atoms with Crippen molar-refractivity contribution in [3.05, 3.63) is 100 Å². The number of anilines is 2. The third-order valence-electron chi connectivity index (χ3n) is 6.17. The van der Waals surface area contributed by atoms with Gasteiger partial charge in [-0.3, -0.25) is 9.59 Å². The molecular weight excluding hydrogens is 556 g/mol. The maximum atomic E-state index is 13.6. The van der Waals surface area contributed by atoms with Gasteiger partial charge in [-0.15, -0.1) is 0 Å². The normalized spacial score (nSPS) is 14.5. The smallest absolute Gasteiger partial charge is 0.338 e. The SMILES string of the molecule is CCOC(=O)c1ccc(NC(=O)C2=C(C)NC(SCC(=O)Nc3ccc(OCC)cc3)=C(C#N)[C@H]2c2ccco2)cc1. The number of furan rings is 1. The number of ether oxygens (including phenoxy) is 2. The van der Waals surface area contributed by atoms with Crippen LogP contribution in [-0.4, -0.2) is 36.8 Å². The van der Waals surface area contributed by atoms with E-state index in [9.17, 15) is 19.6 Å². The van der Waals surface area contributed by atoms with Gasteiger partial charge in [0, 0.05) is 17.1 Å². The number of allylic oxidation sites excluding steroid dienone is 2. The summed E-state index contributed by atoms with van der Waals surface area (Å²) in [5.41, 5.74) is 2.48. The second kappa shape index (κ2) is 14.1. The van der Waals surface area contributed by atoms with Crippen LogP contribution < -0.4 is 20.7 Å². The summed E-state index contributed by atoms with van der Waals surface area (Å²) in [6, 6.07) is 19.0. The topological polar surface area (TPSA) is 143 Å².